The van der Waals surface area contributed by atoms with Crippen molar-refractivity contribution in [2.45, 2.75) is 78.2 Å². The van der Waals surface area contributed by atoms with Crippen molar-refractivity contribution in [3.63, 3.8) is 0 Å². The van der Waals surface area contributed by atoms with E-state index < -0.39 is 11.5 Å². The molecule has 0 aromatic heterocycles. The average molecular weight is 460 g/mol. The summed E-state index contributed by atoms with van der Waals surface area (Å²) >= 11 is 0. The van der Waals surface area contributed by atoms with Gasteiger partial charge in [0.05, 0.1) is 6.04 Å². The van der Waals surface area contributed by atoms with Gasteiger partial charge in [-0.2, -0.15) is 0 Å². The molecule has 0 spiro atoms. The number of carbonyl (C=O) groups excluding carboxylic acids is 3. The van der Waals surface area contributed by atoms with Gasteiger partial charge in [0.25, 0.3) is 0 Å². The van der Waals surface area contributed by atoms with Crippen LogP contribution in [-0.2, 0) is 20.9 Å². The minimum absolute atomic E-state index is 0.000835. The van der Waals surface area contributed by atoms with Crippen molar-refractivity contribution in [2.24, 2.45) is 5.41 Å². The highest BCUT2D eigenvalue weighted by Crippen LogP contribution is 2.26. The summed E-state index contributed by atoms with van der Waals surface area (Å²) < 4.78 is 0. The molecule has 4 atom stereocenters. The van der Waals surface area contributed by atoms with Gasteiger partial charge in [0.2, 0.25) is 17.7 Å². The van der Waals surface area contributed by atoms with E-state index in [0.717, 1.165) is 12.0 Å². The number of likely N-dealkylation sites (N-methyl/N-ethyl adjacent to an activating group) is 1. The Kier molecular flexibility index (Phi) is 9.86. The maximum atomic E-state index is 13.4. The molecule has 1 heterocycles. The molecule has 1 aromatic carbocycles. The van der Waals surface area contributed by atoms with E-state index in [9.17, 15) is 14.4 Å². The molecule has 0 bridgehead atoms. The third kappa shape index (κ3) is 7.82. The van der Waals surface area contributed by atoms with Gasteiger partial charge in [0.1, 0.15) is 6.04 Å². The number of carbonyl (C=O) groups is 3. The summed E-state index contributed by atoms with van der Waals surface area (Å²) in [6, 6.07) is 8.94. The van der Waals surface area contributed by atoms with E-state index in [2.05, 4.69) is 21.3 Å². The Labute approximate surface area is 198 Å². The first-order valence-electron chi connectivity index (χ1n) is 11.9. The molecule has 0 aliphatic carbocycles. The zero-order valence-electron chi connectivity index (χ0n) is 20.9. The third-order valence-corrected chi connectivity index (χ3v) is 6.35. The van der Waals surface area contributed by atoms with Crippen LogP contribution < -0.4 is 21.3 Å². The number of benzene rings is 1. The summed E-state index contributed by atoms with van der Waals surface area (Å²) in [5.74, 6) is -0.246. The fourth-order valence-corrected chi connectivity index (χ4v) is 3.99. The topological polar surface area (TPSA) is 103 Å². The summed E-state index contributed by atoms with van der Waals surface area (Å²) in [5, 5.41) is 12.2. The van der Waals surface area contributed by atoms with Gasteiger partial charge >= 0.3 is 0 Å². The van der Waals surface area contributed by atoms with Gasteiger partial charge in [-0.3, -0.25) is 14.4 Å². The van der Waals surface area contributed by atoms with Crippen LogP contribution in [0.5, 0.6) is 0 Å². The lowest BCUT2D eigenvalue weighted by atomic mass is 9.85. The molecule has 1 saturated heterocycles. The van der Waals surface area contributed by atoms with E-state index >= 15 is 0 Å². The van der Waals surface area contributed by atoms with Crippen molar-refractivity contribution in [2.75, 3.05) is 20.1 Å². The minimum Gasteiger partial charge on any atom is -0.352 e. The molecule has 8 heteroatoms. The van der Waals surface area contributed by atoms with Gasteiger partial charge < -0.3 is 26.2 Å². The molecule has 33 heavy (non-hydrogen) atoms. The normalized spacial score (nSPS) is 20.2. The molecule has 2 rings (SSSR count). The molecular weight excluding hydrogens is 418 g/mol. The van der Waals surface area contributed by atoms with Gasteiger partial charge in [0, 0.05) is 38.1 Å². The number of nitrogens with one attached hydrogen (secondary N) is 4. The van der Waals surface area contributed by atoms with Crippen LogP contribution in [0.1, 0.15) is 53.0 Å². The summed E-state index contributed by atoms with van der Waals surface area (Å²) in [5.41, 5.74) is 0.657. The summed E-state index contributed by atoms with van der Waals surface area (Å²) in [4.78, 5) is 39.9. The lowest BCUT2D eigenvalue weighted by Crippen LogP contribution is -2.58. The molecule has 8 nitrogen and oxygen atoms in total. The van der Waals surface area contributed by atoms with E-state index in [1.165, 1.54) is 0 Å². The summed E-state index contributed by atoms with van der Waals surface area (Å²) in [7, 11) is 1.72. The Hall–Kier alpha value is -2.45. The van der Waals surface area contributed by atoms with E-state index in [-0.39, 0.29) is 35.8 Å². The number of nitrogens with zero attached hydrogens (tertiary/aromatic N) is 1. The van der Waals surface area contributed by atoms with Crippen LogP contribution in [0.2, 0.25) is 0 Å². The SMILES string of the molecule is CN[C@@H](C)C(=O)N[C@H](C(=O)N1CC[C@@H](NCCC(=O)NCc2ccccc2)[C@H]1C)C(C)(C)C. The standard InChI is InChI=1S/C25H41N5O3/c1-17(26-6)23(32)29-22(25(3,4)5)24(33)30-15-13-20(18(30)2)27-14-12-21(31)28-16-19-10-8-7-9-11-19/h7-11,17-18,20,22,26-27H,12-16H2,1-6H3,(H,28,31)(H,29,32)/t17-,18+,20+,22+/m0/s1. The fraction of sp³-hybridized carbons (Fsp3) is 0.640. The van der Waals surface area contributed by atoms with E-state index in [0.29, 0.717) is 26.1 Å². The fourth-order valence-electron chi connectivity index (χ4n) is 3.99. The van der Waals surface area contributed by atoms with E-state index in [1.54, 1.807) is 14.0 Å². The van der Waals surface area contributed by atoms with Gasteiger partial charge in [-0.25, -0.2) is 0 Å². The molecule has 1 aromatic rings. The number of hydrogen-bond acceptors (Lipinski definition) is 5. The van der Waals surface area contributed by atoms with Crippen LogP contribution in [0.15, 0.2) is 30.3 Å². The number of amides is 3. The third-order valence-electron chi connectivity index (χ3n) is 6.35. The molecular formula is C25H41N5O3. The van der Waals surface area contributed by atoms with Gasteiger partial charge in [0.15, 0.2) is 0 Å². The van der Waals surface area contributed by atoms with Gasteiger partial charge in [-0.15, -0.1) is 0 Å². The summed E-state index contributed by atoms with van der Waals surface area (Å²) in [6.45, 7) is 11.4. The Morgan fingerprint density at radius 3 is 2.42 bits per heavy atom. The van der Waals surface area contributed by atoms with Crippen molar-refractivity contribution >= 4 is 17.7 Å². The highest BCUT2D eigenvalue weighted by atomic mass is 16.2. The quantitative estimate of drug-likeness (QED) is 0.424. The predicted octanol–water partition coefficient (Wildman–Crippen LogP) is 1.41. The van der Waals surface area contributed by atoms with Crippen molar-refractivity contribution in [1.82, 2.24) is 26.2 Å². The molecule has 3 amide bonds. The number of rotatable bonds is 10. The lowest BCUT2D eigenvalue weighted by molar-refractivity contribution is -0.140. The van der Waals surface area contributed by atoms with Crippen LogP contribution >= 0.6 is 0 Å². The smallest absolute Gasteiger partial charge is 0.245 e. The van der Waals surface area contributed by atoms with Crippen LogP contribution in [0.25, 0.3) is 0 Å². The Balaban J connectivity index is 1.85. The molecule has 0 unspecified atom stereocenters. The van der Waals surface area contributed by atoms with Crippen LogP contribution in [0.4, 0.5) is 0 Å². The summed E-state index contributed by atoms with van der Waals surface area (Å²) in [6.07, 6.45) is 1.20. The Bertz CT molecular complexity index is 793. The second-order valence-electron chi connectivity index (χ2n) is 9.95. The van der Waals surface area contributed by atoms with Crippen LogP contribution in [0.3, 0.4) is 0 Å². The van der Waals surface area contributed by atoms with Gasteiger partial charge in [-0.1, -0.05) is 51.1 Å². The molecule has 4 N–H and O–H groups in total. The number of likely N-dealkylation sites (tertiary alicyclic amines) is 1. The van der Waals surface area contributed by atoms with Crippen molar-refractivity contribution in [3.8, 4) is 0 Å². The minimum atomic E-state index is -0.606. The van der Waals surface area contributed by atoms with E-state index in [1.807, 2.05) is 62.9 Å². The van der Waals surface area contributed by atoms with Crippen molar-refractivity contribution < 1.29 is 14.4 Å². The molecule has 184 valence electrons. The predicted molar refractivity (Wildman–Crippen MR) is 130 cm³/mol. The highest BCUT2D eigenvalue weighted by Gasteiger charge is 2.41. The monoisotopic (exact) mass is 459 g/mol. The van der Waals surface area contributed by atoms with E-state index in [4.69, 9.17) is 0 Å². The molecule has 0 radical (unpaired) electrons. The van der Waals surface area contributed by atoms with Crippen molar-refractivity contribution in [3.05, 3.63) is 35.9 Å². The highest BCUT2D eigenvalue weighted by molar-refractivity contribution is 5.90. The lowest BCUT2D eigenvalue weighted by Gasteiger charge is -2.36. The Morgan fingerprint density at radius 1 is 1.15 bits per heavy atom. The number of hydrogen-bond donors (Lipinski definition) is 4. The van der Waals surface area contributed by atoms with Crippen molar-refractivity contribution in [1.29, 1.82) is 0 Å². The molecule has 1 aliphatic heterocycles. The first kappa shape index (κ1) is 26.8. The largest absolute Gasteiger partial charge is 0.352 e. The maximum Gasteiger partial charge on any atom is 0.245 e. The second-order valence-corrected chi connectivity index (χ2v) is 9.95. The molecule has 0 saturated carbocycles. The average Bonchev–Trinajstić information content (AvgIpc) is 3.15. The molecule has 1 fully saturated rings. The molecule has 1 aliphatic rings. The zero-order valence-corrected chi connectivity index (χ0v) is 20.9. The first-order chi connectivity index (χ1) is 15.5. The Morgan fingerprint density at radius 2 is 1.82 bits per heavy atom. The van der Waals surface area contributed by atoms with Gasteiger partial charge in [-0.05, 0) is 38.3 Å². The zero-order chi connectivity index (χ0) is 24.6. The second kappa shape index (κ2) is 12.1. The maximum absolute atomic E-state index is 13.4. The van der Waals surface area contributed by atoms with Crippen LogP contribution in [-0.4, -0.2) is 66.9 Å². The first-order valence-corrected chi connectivity index (χ1v) is 11.9. The van der Waals surface area contributed by atoms with Crippen LogP contribution in [0, 0.1) is 5.41 Å².